The molecule has 2 aromatic carbocycles. The minimum atomic E-state index is -3.78. The molecule has 4 aromatic rings. The largest absolute Gasteiger partial charge is 0.481 e. The number of aromatic nitrogens is 3. The van der Waals surface area contributed by atoms with E-state index in [-0.39, 0.29) is 10.8 Å². The molecule has 1 aliphatic heterocycles. The summed E-state index contributed by atoms with van der Waals surface area (Å²) in [5.74, 6) is 2.43. The number of sulfonamides is 1. The van der Waals surface area contributed by atoms with Crippen molar-refractivity contribution < 1.29 is 22.4 Å². The molecule has 37 heavy (non-hydrogen) atoms. The molecule has 0 saturated heterocycles. The molecule has 0 radical (unpaired) electrons. The van der Waals surface area contributed by atoms with E-state index in [0.717, 1.165) is 24.8 Å². The number of anilines is 1. The van der Waals surface area contributed by atoms with E-state index in [1.165, 1.54) is 23.5 Å². The zero-order valence-electron chi connectivity index (χ0n) is 19.9. The Morgan fingerprint density at radius 3 is 2.57 bits per heavy atom. The molecule has 0 N–H and O–H groups in total. The van der Waals surface area contributed by atoms with Crippen molar-refractivity contribution in [2.24, 2.45) is 0 Å². The highest BCUT2D eigenvalue weighted by Gasteiger charge is 2.30. The number of pyridine rings is 1. The van der Waals surface area contributed by atoms with E-state index in [0.29, 0.717) is 58.5 Å². The van der Waals surface area contributed by atoms with Gasteiger partial charge in [-0.1, -0.05) is 22.8 Å². The number of hydrogen-bond acceptors (Lipinski definition) is 8. The highest BCUT2D eigenvalue weighted by molar-refractivity contribution is 7.92. The maximum absolute atomic E-state index is 13.5. The molecule has 0 amide bonds. The number of methoxy groups -OCH3 is 1. The van der Waals surface area contributed by atoms with Crippen LogP contribution in [0, 0.1) is 0 Å². The van der Waals surface area contributed by atoms with Crippen LogP contribution in [0.4, 0.5) is 5.69 Å². The predicted octanol–water partition coefficient (Wildman–Crippen LogP) is 5.60. The Morgan fingerprint density at radius 2 is 1.81 bits per heavy atom. The Balaban J connectivity index is 1.32. The van der Waals surface area contributed by atoms with Crippen molar-refractivity contribution in [2.75, 3.05) is 18.0 Å². The third-order valence-electron chi connectivity index (χ3n) is 6.38. The summed E-state index contributed by atoms with van der Waals surface area (Å²) in [6.07, 6.45) is 3.62. The molecule has 9 nitrogen and oxygen atoms in total. The summed E-state index contributed by atoms with van der Waals surface area (Å²) in [5, 5.41) is 4.55. The van der Waals surface area contributed by atoms with Gasteiger partial charge in [0.15, 0.2) is 5.82 Å². The lowest BCUT2D eigenvalue weighted by atomic mass is 10.0. The Hall–Kier alpha value is -3.63. The molecule has 1 fully saturated rings. The number of hydrogen-bond donors (Lipinski definition) is 0. The third-order valence-corrected chi connectivity index (χ3v) is 8.45. The highest BCUT2D eigenvalue weighted by atomic mass is 35.5. The molecule has 1 aliphatic carbocycles. The lowest BCUT2D eigenvalue weighted by Gasteiger charge is -2.30. The van der Waals surface area contributed by atoms with Crippen LogP contribution in [0.15, 0.2) is 64.0 Å². The molecular weight excluding hydrogens is 516 g/mol. The zero-order valence-corrected chi connectivity index (χ0v) is 21.5. The van der Waals surface area contributed by atoms with Gasteiger partial charge < -0.3 is 14.0 Å². The Morgan fingerprint density at radius 1 is 1.03 bits per heavy atom. The molecule has 0 unspecified atom stereocenters. The van der Waals surface area contributed by atoms with Gasteiger partial charge in [0, 0.05) is 35.7 Å². The number of rotatable bonds is 7. The van der Waals surface area contributed by atoms with Crippen LogP contribution < -0.4 is 13.8 Å². The monoisotopic (exact) mass is 538 g/mol. The molecule has 2 aromatic heterocycles. The first-order valence-corrected chi connectivity index (χ1v) is 13.7. The summed E-state index contributed by atoms with van der Waals surface area (Å²) in [4.78, 5) is 9.06. The second-order valence-corrected chi connectivity index (χ2v) is 11.3. The summed E-state index contributed by atoms with van der Waals surface area (Å²) < 4.78 is 45.2. The van der Waals surface area contributed by atoms with Gasteiger partial charge in [-0.25, -0.2) is 8.42 Å². The lowest BCUT2D eigenvalue weighted by Crippen LogP contribution is -2.35. The lowest BCUT2D eigenvalue weighted by molar-refractivity contribution is 0.382. The number of aryl methyl sites for hydroxylation is 1. The minimum absolute atomic E-state index is 0.181. The second-order valence-electron chi connectivity index (χ2n) is 9.00. The van der Waals surface area contributed by atoms with Gasteiger partial charge in [0.05, 0.1) is 23.3 Å². The molecule has 11 heteroatoms. The molecular formula is C26H23ClN4O5S. The standard InChI is InChI=1S/C26H23ClN4O5S/c1-34-23-13-18(26-29-25(30-36-26)17-4-5-17)14-24(28-23)35-20-9-6-16-3-2-12-31(22(16)15-20)37(32,33)21-10-7-19(27)8-11-21/h6-11,13-15,17H,2-5,12H2,1H3. The maximum atomic E-state index is 13.5. The number of fused-ring (bicyclic) bond motifs is 1. The molecule has 1 saturated carbocycles. The molecule has 0 atom stereocenters. The van der Waals surface area contributed by atoms with Gasteiger partial charge in [-0.15, -0.1) is 0 Å². The van der Waals surface area contributed by atoms with Gasteiger partial charge in [0.2, 0.25) is 11.8 Å². The quantitative estimate of drug-likeness (QED) is 0.299. The van der Waals surface area contributed by atoms with Gasteiger partial charge in [0.25, 0.3) is 15.9 Å². The first kappa shape index (κ1) is 23.7. The molecule has 0 spiro atoms. The second kappa shape index (κ2) is 9.35. The third kappa shape index (κ3) is 4.74. The van der Waals surface area contributed by atoms with Gasteiger partial charge in [-0.05, 0) is 61.6 Å². The van der Waals surface area contributed by atoms with Gasteiger partial charge in [0.1, 0.15) is 5.75 Å². The van der Waals surface area contributed by atoms with Crippen molar-refractivity contribution >= 4 is 27.3 Å². The van der Waals surface area contributed by atoms with E-state index >= 15 is 0 Å². The fourth-order valence-electron chi connectivity index (χ4n) is 4.31. The number of nitrogens with zero attached hydrogens (tertiary/aromatic N) is 4. The topological polar surface area (TPSA) is 108 Å². The zero-order chi connectivity index (χ0) is 25.6. The smallest absolute Gasteiger partial charge is 0.264 e. The fraction of sp³-hybridized carbons (Fsp3) is 0.269. The fourth-order valence-corrected chi connectivity index (χ4v) is 5.97. The highest BCUT2D eigenvalue weighted by Crippen LogP contribution is 2.40. The van der Waals surface area contributed by atoms with E-state index in [1.807, 2.05) is 6.07 Å². The van der Waals surface area contributed by atoms with Crippen LogP contribution in [0.3, 0.4) is 0 Å². The molecule has 190 valence electrons. The average molecular weight is 539 g/mol. The van der Waals surface area contributed by atoms with Crippen LogP contribution in [0.25, 0.3) is 11.5 Å². The van der Waals surface area contributed by atoms with E-state index in [1.54, 1.807) is 36.4 Å². The number of benzene rings is 2. The summed E-state index contributed by atoms with van der Waals surface area (Å²) in [7, 11) is -2.27. The molecule has 2 aliphatic rings. The first-order chi connectivity index (χ1) is 17.9. The first-order valence-electron chi connectivity index (χ1n) is 11.9. The Bertz CT molecular complexity index is 1570. The summed E-state index contributed by atoms with van der Waals surface area (Å²) in [6, 6.07) is 15.0. The Kier molecular flexibility index (Phi) is 6.00. The van der Waals surface area contributed by atoms with Gasteiger partial charge in [-0.2, -0.15) is 9.97 Å². The molecule has 6 rings (SSSR count). The molecule has 3 heterocycles. The summed E-state index contributed by atoms with van der Waals surface area (Å²) >= 11 is 5.96. The summed E-state index contributed by atoms with van der Waals surface area (Å²) in [5.41, 5.74) is 2.12. The normalized spacial score (nSPS) is 15.4. The van der Waals surface area contributed by atoms with Crippen molar-refractivity contribution in [3.8, 4) is 29.0 Å². The summed E-state index contributed by atoms with van der Waals surface area (Å²) in [6.45, 7) is 0.365. The van der Waals surface area contributed by atoms with Crippen LogP contribution in [-0.4, -0.2) is 37.2 Å². The van der Waals surface area contributed by atoms with Crippen molar-refractivity contribution in [3.05, 3.63) is 71.0 Å². The van der Waals surface area contributed by atoms with Crippen LogP contribution in [0.2, 0.25) is 5.02 Å². The van der Waals surface area contributed by atoms with Crippen molar-refractivity contribution in [3.63, 3.8) is 0 Å². The average Bonchev–Trinajstić information content (AvgIpc) is 3.64. The molecule has 0 bridgehead atoms. The van der Waals surface area contributed by atoms with Crippen LogP contribution in [0.5, 0.6) is 17.5 Å². The minimum Gasteiger partial charge on any atom is -0.481 e. The van der Waals surface area contributed by atoms with E-state index < -0.39 is 10.0 Å². The van der Waals surface area contributed by atoms with E-state index in [4.69, 9.17) is 25.6 Å². The number of halogens is 1. The number of ether oxygens (including phenoxy) is 2. The van der Waals surface area contributed by atoms with Crippen LogP contribution in [0.1, 0.15) is 36.6 Å². The Labute approximate surface area is 219 Å². The van der Waals surface area contributed by atoms with Crippen molar-refractivity contribution in [2.45, 2.75) is 36.5 Å². The SMILES string of the molecule is COc1cc(-c2nc(C3CC3)no2)cc(Oc2ccc3c(c2)N(S(=O)(=O)c2ccc(Cl)cc2)CCC3)n1. The van der Waals surface area contributed by atoms with Gasteiger partial charge in [-0.3, -0.25) is 4.31 Å². The van der Waals surface area contributed by atoms with E-state index in [9.17, 15) is 8.42 Å². The van der Waals surface area contributed by atoms with Crippen LogP contribution >= 0.6 is 11.6 Å². The van der Waals surface area contributed by atoms with Gasteiger partial charge >= 0.3 is 0 Å². The maximum Gasteiger partial charge on any atom is 0.264 e. The van der Waals surface area contributed by atoms with Crippen molar-refractivity contribution in [1.29, 1.82) is 0 Å². The van der Waals surface area contributed by atoms with Crippen LogP contribution in [-0.2, 0) is 16.4 Å². The predicted molar refractivity (Wildman–Crippen MR) is 137 cm³/mol. The van der Waals surface area contributed by atoms with Crippen molar-refractivity contribution in [1.82, 2.24) is 15.1 Å². The van der Waals surface area contributed by atoms with E-state index in [2.05, 4.69) is 15.1 Å².